The highest BCUT2D eigenvalue weighted by atomic mass is 16.7. The van der Waals surface area contributed by atoms with Crippen LogP contribution >= 0.6 is 0 Å². The fraction of sp³-hybridized carbons (Fsp3) is 0.435. The lowest BCUT2D eigenvalue weighted by Gasteiger charge is -2.43. The Morgan fingerprint density at radius 3 is 2.00 bits per heavy atom. The minimum atomic E-state index is -1.63. The Balaban J connectivity index is 2.11. The maximum atomic E-state index is 12.5. The molecule has 1 fully saturated rings. The first-order valence-electron chi connectivity index (χ1n) is 10.6. The summed E-state index contributed by atoms with van der Waals surface area (Å²) in [5, 5.41) is 0.514. The van der Waals surface area contributed by atoms with Gasteiger partial charge in [0.25, 0.3) is 0 Å². The lowest BCUT2D eigenvalue weighted by atomic mass is 9.97. The molecule has 0 saturated carbocycles. The van der Waals surface area contributed by atoms with Crippen molar-refractivity contribution in [3.05, 3.63) is 34.7 Å². The molecular formula is C23H24O13. The molecule has 0 bridgehead atoms. The van der Waals surface area contributed by atoms with Gasteiger partial charge in [0.1, 0.15) is 5.58 Å². The quantitative estimate of drug-likeness (QED) is 0.294. The third-order valence-corrected chi connectivity index (χ3v) is 4.98. The molecule has 1 aromatic carbocycles. The maximum absolute atomic E-state index is 12.5. The van der Waals surface area contributed by atoms with Crippen molar-refractivity contribution >= 4 is 34.8 Å². The van der Waals surface area contributed by atoms with E-state index in [1.54, 1.807) is 0 Å². The van der Waals surface area contributed by atoms with Gasteiger partial charge in [-0.15, -0.1) is 0 Å². The van der Waals surface area contributed by atoms with Crippen LogP contribution in [-0.2, 0) is 42.9 Å². The summed E-state index contributed by atoms with van der Waals surface area (Å²) in [6, 6.07) is 5.58. The lowest BCUT2D eigenvalue weighted by molar-refractivity contribution is -0.282. The molecule has 5 atom stereocenters. The van der Waals surface area contributed by atoms with Crippen molar-refractivity contribution in [2.75, 3.05) is 14.2 Å². The molecule has 0 unspecified atom stereocenters. The predicted molar refractivity (Wildman–Crippen MR) is 117 cm³/mol. The highest BCUT2D eigenvalue weighted by Gasteiger charge is 2.56. The number of fused-ring (bicyclic) bond motifs is 1. The fourth-order valence-corrected chi connectivity index (χ4v) is 3.63. The number of esters is 4. The lowest BCUT2D eigenvalue weighted by Crippen LogP contribution is -2.64. The molecule has 1 aliphatic heterocycles. The topological polar surface area (TPSA) is 163 Å². The molecule has 1 saturated heterocycles. The van der Waals surface area contributed by atoms with Gasteiger partial charge in [-0.25, -0.2) is 9.59 Å². The molecule has 13 nitrogen and oxygen atoms in total. The van der Waals surface area contributed by atoms with E-state index in [9.17, 15) is 24.0 Å². The van der Waals surface area contributed by atoms with Crippen molar-refractivity contribution < 1.29 is 56.8 Å². The van der Waals surface area contributed by atoms with Crippen LogP contribution in [-0.4, -0.2) is 68.8 Å². The van der Waals surface area contributed by atoms with Crippen molar-refractivity contribution in [1.29, 1.82) is 0 Å². The Hall–Kier alpha value is -4.13. The van der Waals surface area contributed by atoms with Gasteiger partial charge in [-0.2, -0.15) is 0 Å². The van der Waals surface area contributed by atoms with Crippen molar-refractivity contribution in [1.82, 2.24) is 0 Å². The van der Waals surface area contributed by atoms with Crippen LogP contribution in [0.4, 0.5) is 0 Å². The Morgan fingerprint density at radius 2 is 1.42 bits per heavy atom. The zero-order valence-electron chi connectivity index (χ0n) is 20.0. The Bertz CT molecular complexity index is 1220. The summed E-state index contributed by atoms with van der Waals surface area (Å²) in [7, 11) is 2.42. The van der Waals surface area contributed by atoms with Gasteiger partial charge in [0.2, 0.25) is 12.4 Å². The zero-order chi connectivity index (χ0) is 26.6. The Labute approximate surface area is 204 Å². The van der Waals surface area contributed by atoms with Gasteiger partial charge in [0, 0.05) is 38.3 Å². The van der Waals surface area contributed by atoms with Gasteiger partial charge in [0.05, 0.1) is 14.2 Å². The second-order valence-corrected chi connectivity index (χ2v) is 7.58. The molecule has 194 valence electrons. The number of benzene rings is 1. The van der Waals surface area contributed by atoms with Gasteiger partial charge in [-0.05, 0) is 12.1 Å². The van der Waals surface area contributed by atoms with Crippen molar-refractivity contribution in [3.63, 3.8) is 0 Å². The van der Waals surface area contributed by atoms with Gasteiger partial charge in [0.15, 0.2) is 29.8 Å². The second-order valence-electron chi connectivity index (χ2n) is 7.58. The first-order valence-corrected chi connectivity index (χ1v) is 10.6. The highest BCUT2D eigenvalue weighted by molar-refractivity contribution is 5.81. The van der Waals surface area contributed by atoms with E-state index in [2.05, 4.69) is 0 Å². The molecule has 1 aliphatic rings. The van der Waals surface area contributed by atoms with Crippen LogP contribution in [0.15, 0.2) is 33.5 Å². The van der Waals surface area contributed by atoms with Crippen molar-refractivity contribution in [2.24, 2.45) is 0 Å². The van der Waals surface area contributed by atoms with Crippen LogP contribution in [0.2, 0.25) is 0 Å². The summed E-state index contributed by atoms with van der Waals surface area (Å²) in [6.07, 6.45) is -7.82. The third kappa shape index (κ3) is 5.92. The predicted octanol–water partition coefficient (Wildman–Crippen LogP) is 0.873. The summed E-state index contributed by atoms with van der Waals surface area (Å²) < 4.78 is 42.7. The number of rotatable bonds is 7. The van der Waals surface area contributed by atoms with Crippen LogP contribution in [0.1, 0.15) is 20.8 Å². The van der Waals surface area contributed by atoms with Gasteiger partial charge < -0.3 is 37.6 Å². The van der Waals surface area contributed by atoms with E-state index < -0.39 is 60.2 Å². The van der Waals surface area contributed by atoms with E-state index in [4.69, 9.17) is 37.6 Å². The average Bonchev–Trinajstić information content (AvgIpc) is 2.80. The third-order valence-electron chi connectivity index (χ3n) is 4.98. The van der Waals surface area contributed by atoms with Crippen molar-refractivity contribution in [2.45, 2.75) is 51.5 Å². The van der Waals surface area contributed by atoms with E-state index >= 15 is 0 Å². The minimum Gasteiger partial charge on any atom is -0.493 e. The van der Waals surface area contributed by atoms with Crippen LogP contribution < -0.4 is 15.1 Å². The van der Waals surface area contributed by atoms with E-state index in [0.717, 1.165) is 27.9 Å². The molecule has 1 aromatic heterocycles. The van der Waals surface area contributed by atoms with Crippen LogP contribution in [0.5, 0.6) is 11.5 Å². The van der Waals surface area contributed by atoms with Crippen LogP contribution in [0, 0.1) is 0 Å². The summed E-state index contributed by atoms with van der Waals surface area (Å²) in [6.45, 7) is 3.22. The van der Waals surface area contributed by atoms with Crippen LogP contribution in [0.25, 0.3) is 11.0 Å². The normalized spacial score (nSPS) is 23.3. The largest absolute Gasteiger partial charge is 0.493 e. The molecule has 3 rings (SSSR count). The first kappa shape index (κ1) is 26.5. The molecule has 0 radical (unpaired) electrons. The van der Waals surface area contributed by atoms with Gasteiger partial charge in [-0.3, -0.25) is 14.4 Å². The smallest absolute Gasteiger partial charge is 0.339 e. The van der Waals surface area contributed by atoms with E-state index in [1.807, 2.05) is 0 Å². The Kier molecular flexibility index (Phi) is 8.14. The van der Waals surface area contributed by atoms with Crippen LogP contribution in [0.3, 0.4) is 0 Å². The van der Waals surface area contributed by atoms with E-state index in [0.29, 0.717) is 5.39 Å². The summed E-state index contributed by atoms with van der Waals surface area (Å²) in [5.74, 6) is -3.32. The molecule has 36 heavy (non-hydrogen) atoms. The molecule has 0 aliphatic carbocycles. The summed E-state index contributed by atoms with van der Waals surface area (Å²) >= 11 is 0. The number of carbonyl (C=O) groups excluding carboxylic acids is 4. The Morgan fingerprint density at radius 1 is 0.806 bits per heavy atom. The number of ether oxygens (including phenoxy) is 7. The summed E-state index contributed by atoms with van der Waals surface area (Å²) in [5.41, 5.74) is -0.479. The maximum Gasteiger partial charge on any atom is 0.339 e. The highest BCUT2D eigenvalue weighted by Crippen LogP contribution is 2.36. The second kappa shape index (κ2) is 11.1. The zero-order valence-corrected chi connectivity index (χ0v) is 20.0. The fourth-order valence-electron chi connectivity index (χ4n) is 3.63. The van der Waals surface area contributed by atoms with Gasteiger partial charge >= 0.3 is 29.5 Å². The van der Waals surface area contributed by atoms with E-state index in [-0.39, 0.29) is 17.1 Å². The molecule has 13 heteroatoms. The first-order chi connectivity index (χ1) is 17.0. The minimum absolute atomic E-state index is 0.0300. The number of carbonyl (C=O) groups is 4. The number of hydrogen-bond acceptors (Lipinski definition) is 13. The van der Waals surface area contributed by atoms with Crippen molar-refractivity contribution in [3.8, 4) is 11.5 Å². The molecular weight excluding hydrogens is 484 g/mol. The van der Waals surface area contributed by atoms with Gasteiger partial charge in [-0.1, -0.05) is 0 Å². The molecule has 0 amide bonds. The average molecular weight is 508 g/mol. The SMILES string of the molecule is COC(=O)[C@H]1O[C@@H](Oc2cc3oc(=O)ccc3cc2OC)[C@H](OC(C)=O)[C@@H](OC(C)=O)[C@H]1OC(C)=O. The molecule has 2 aromatic rings. The standard InChI is InChI=1S/C23H24O13/c1-10(24)31-18-19(32-11(2)25)21(33-12(3)26)23(36-20(18)22(28)30-5)35-16-9-14-13(8-15(16)29-4)6-7-17(27)34-14/h6-9,18-21,23H,1-5H3/t18-,19+,20+,21-,23-/m1/s1. The summed E-state index contributed by atoms with van der Waals surface area (Å²) in [4.78, 5) is 59.8. The number of methoxy groups -OCH3 is 2. The molecule has 0 spiro atoms. The molecule has 0 N–H and O–H groups in total. The molecule has 2 heterocycles. The number of hydrogen-bond donors (Lipinski definition) is 0. The van der Waals surface area contributed by atoms with E-state index in [1.165, 1.54) is 31.4 Å². The monoisotopic (exact) mass is 508 g/mol.